The molecule has 0 radical (unpaired) electrons. The summed E-state index contributed by atoms with van der Waals surface area (Å²) in [5.74, 6) is -0.652. The first-order valence-corrected chi connectivity index (χ1v) is 4.58. The van der Waals surface area contributed by atoms with E-state index in [1.807, 2.05) is 19.1 Å². The highest BCUT2D eigenvalue weighted by Gasteiger charge is 2.36. The number of aliphatic carboxylic acids is 1. The third-order valence-electron chi connectivity index (χ3n) is 2.66. The number of carboxylic acid groups (broad SMARTS) is 1. The van der Waals surface area contributed by atoms with Crippen molar-refractivity contribution in [3.05, 3.63) is 12.2 Å². The van der Waals surface area contributed by atoms with Crippen LogP contribution in [0.4, 0.5) is 0 Å². The maximum Gasteiger partial charge on any atom is 0.313 e. The smallest absolute Gasteiger partial charge is 0.313 e. The molecular formula is C10H16O2. The van der Waals surface area contributed by atoms with Crippen LogP contribution in [0, 0.1) is 5.41 Å². The number of rotatable bonds is 2. The van der Waals surface area contributed by atoms with Gasteiger partial charge in [0.05, 0.1) is 5.41 Å². The van der Waals surface area contributed by atoms with Crippen LogP contribution >= 0.6 is 0 Å². The van der Waals surface area contributed by atoms with Crippen molar-refractivity contribution in [1.82, 2.24) is 0 Å². The first kappa shape index (κ1) is 9.30. The van der Waals surface area contributed by atoms with Gasteiger partial charge in [-0.25, -0.2) is 0 Å². The van der Waals surface area contributed by atoms with Gasteiger partial charge >= 0.3 is 5.97 Å². The average molecular weight is 168 g/mol. The van der Waals surface area contributed by atoms with Crippen LogP contribution in [0.3, 0.4) is 0 Å². The van der Waals surface area contributed by atoms with Crippen LogP contribution in [-0.2, 0) is 4.79 Å². The fourth-order valence-electron chi connectivity index (χ4n) is 1.95. The van der Waals surface area contributed by atoms with Crippen molar-refractivity contribution in [2.45, 2.75) is 39.0 Å². The van der Waals surface area contributed by atoms with Crippen LogP contribution in [0.1, 0.15) is 39.0 Å². The summed E-state index contributed by atoms with van der Waals surface area (Å²) < 4.78 is 0. The summed E-state index contributed by atoms with van der Waals surface area (Å²) in [5, 5.41) is 9.07. The molecule has 0 amide bonds. The molecule has 1 fully saturated rings. The lowest BCUT2D eigenvalue weighted by Crippen LogP contribution is -2.31. The number of carboxylic acids is 1. The van der Waals surface area contributed by atoms with Gasteiger partial charge in [0.25, 0.3) is 0 Å². The fraction of sp³-hybridized carbons (Fsp3) is 0.700. The van der Waals surface area contributed by atoms with E-state index in [2.05, 4.69) is 0 Å². The summed E-state index contributed by atoms with van der Waals surface area (Å²) in [6.07, 6.45) is 8.63. The molecule has 0 aromatic carbocycles. The first-order chi connectivity index (χ1) is 5.71. The Balaban J connectivity index is 2.76. The molecule has 0 unspecified atom stereocenters. The second-order valence-electron chi connectivity index (χ2n) is 3.52. The molecule has 1 aliphatic rings. The number of hydrogen-bond acceptors (Lipinski definition) is 1. The zero-order chi connectivity index (χ0) is 9.03. The van der Waals surface area contributed by atoms with Gasteiger partial charge in [0.1, 0.15) is 0 Å². The monoisotopic (exact) mass is 168 g/mol. The average Bonchev–Trinajstić information content (AvgIpc) is 2.06. The summed E-state index contributed by atoms with van der Waals surface area (Å²) in [6, 6.07) is 0. The van der Waals surface area contributed by atoms with E-state index in [0.29, 0.717) is 0 Å². The van der Waals surface area contributed by atoms with Crippen molar-refractivity contribution in [3.8, 4) is 0 Å². The van der Waals surface area contributed by atoms with Gasteiger partial charge in [0, 0.05) is 0 Å². The van der Waals surface area contributed by atoms with E-state index in [-0.39, 0.29) is 0 Å². The summed E-state index contributed by atoms with van der Waals surface area (Å²) in [4.78, 5) is 11.0. The van der Waals surface area contributed by atoms with Crippen molar-refractivity contribution in [2.24, 2.45) is 5.41 Å². The minimum atomic E-state index is -0.652. The molecule has 1 N–H and O–H groups in total. The molecule has 1 saturated carbocycles. The fourth-order valence-corrected chi connectivity index (χ4v) is 1.95. The van der Waals surface area contributed by atoms with E-state index in [1.54, 1.807) is 0 Å². The topological polar surface area (TPSA) is 37.3 Å². The van der Waals surface area contributed by atoms with Crippen molar-refractivity contribution >= 4 is 5.97 Å². The second kappa shape index (κ2) is 3.74. The Hall–Kier alpha value is -0.790. The van der Waals surface area contributed by atoms with Crippen molar-refractivity contribution in [1.29, 1.82) is 0 Å². The quantitative estimate of drug-likeness (QED) is 0.643. The second-order valence-corrected chi connectivity index (χ2v) is 3.52. The molecule has 0 aromatic rings. The molecule has 0 spiro atoms. The van der Waals surface area contributed by atoms with Gasteiger partial charge < -0.3 is 5.11 Å². The summed E-state index contributed by atoms with van der Waals surface area (Å²) in [7, 11) is 0. The lowest BCUT2D eigenvalue weighted by atomic mass is 9.74. The van der Waals surface area contributed by atoms with E-state index < -0.39 is 11.4 Å². The predicted octanol–water partition coefficient (Wildman–Crippen LogP) is 2.60. The highest BCUT2D eigenvalue weighted by molar-refractivity contribution is 5.77. The van der Waals surface area contributed by atoms with E-state index in [9.17, 15) is 4.79 Å². The molecule has 0 saturated heterocycles. The van der Waals surface area contributed by atoms with Gasteiger partial charge in [0.2, 0.25) is 0 Å². The zero-order valence-corrected chi connectivity index (χ0v) is 7.55. The van der Waals surface area contributed by atoms with Crippen molar-refractivity contribution in [2.75, 3.05) is 0 Å². The van der Waals surface area contributed by atoms with Gasteiger partial charge in [-0.05, 0) is 19.8 Å². The molecule has 2 heteroatoms. The van der Waals surface area contributed by atoms with Gasteiger partial charge in [-0.2, -0.15) is 0 Å². The molecule has 2 nitrogen and oxygen atoms in total. The Morgan fingerprint density at radius 1 is 1.33 bits per heavy atom. The predicted molar refractivity (Wildman–Crippen MR) is 48.0 cm³/mol. The highest BCUT2D eigenvalue weighted by Crippen LogP contribution is 2.37. The maximum absolute atomic E-state index is 11.0. The molecule has 0 bridgehead atoms. The molecule has 68 valence electrons. The summed E-state index contributed by atoms with van der Waals surface area (Å²) >= 11 is 0. The molecule has 0 aromatic heterocycles. The number of allylic oxidation sites excluding steroid dienone is 1. The van der Waals surface area contributed by atoms with E-state index >= 15 is 0 Å². The van der Waals surface area contributed by atoms with Gasteiger partial charge in [-0.3, -0.25) is 4.79 Å². The van der Waals surface area contributed by atoms with Gasteiger partial charge in [-0.15, -0.1) is 0 Å². The Bertz CT molecular complexity index is 188. The molecule has 1 aliphatic carbocycles. The van der Waals surface area contributed by atoms with Crippen LogP contribution in [0.25, 0.3) is 0 Å². The Kier molecular flexibility index (Phi) is 2.90. The molecule has 1 rings (SSSR count). The third kappa shape index (κ3) is 1.68. The summed E-state index contributed by atoms with van der Waals surface area (Å²) in [6.45, 7) is 1.89. The van der Waals surface area contributed by atoms with E-state index in [0.717, 1.165) is 25.7 Å². The lowest BCUT2D eigenvalue weighted by molar-refractivity contribution is -0.147. The molecular weight excluding hydrogens is 152 g/mol. The maximum atomic E-state index is 11.0. The Labute approximate surface area is 73.3 Å². The molecule has 0 atom stereocenters. The third-order valence-corrected chi connectivity index (χ3v) is 2.66. The number of carbonyl (C=O) groups is 1. The summed E-state index contributed by atoms with van der Waals surface area (Å²) in [5.41, 5.74) is -0.535. The van der Waals surface area contributed by atoms with Crippen LogP contribution < -0.4 is 0 Å². The van der Waals surface area contributed by atoms with Crippen LogP contribution in [-0.4, -0.2) is 11.1 Å². The number of hydrogen-bond donors (Lipinski definition) is 1. The van der Waals surface area contributed by atoms with E-state index in [1.165, 1.54) is 6.42 Å². The largest absolute Gasteiger partial charge is 0.481 e. The van der Waals surface area contributed by atoms with Crippen LogP contribution in [0.5, 0.6) is 0 Å². The van der Waals surface area contributed by atoms with Crippen molar-refractivity contribution < 1.29 is 9.90 Å². The molecule has 0 aliphatic heterocycles. The van der Waals surface area contributed by atoms with Crippen molar-refractivity contribution in [3.63, 3.8) is 0 Å². The zero-order valence-electron chi connectivity index (χ0n) is 7.55. The SMILES string of the molecule is CC=CC1(C(=O)O)CCCCC1. The molecule has 12 heavy (non-hydrogen) atoms. The van der Waals surface area contributed by atoms with Gasteiger partial charge in [0.15, 0.2) is 0 Å². The highest BCUT2D eigenvalue weighted by atomic mass is 16.4. The minimum absolute atomic E-state index is 0.535. The minimum Gasteiger partial charge on any atom is -0.481 e. The Morgan fingerprint density at radius 2 is 1.92 bits per heavy atom. The Morgan fingerprint density at radius 3 is 2.33 bits per heavy atom. The molecule has 0 heterocycles. The van der Waals surface area contributed by atoms with Crippen LogP contribution in [0.2, 0.25) is 0 Å². The van der Waals surface area contributed by atoms with E-state index in [4.69, 9.17) is 5.11 Å². The normalized spacial score (nSPS) is 22.8. The standard InChI is InChI=1S/C10H16O2/c1-2-6-10(9(11)12)7-4-3-5-8-10/h2,6H,3-5,7-8H2,1H3,(H,11,12). The van der Waals surface area contributed by atoms with Crippen LogP contribution in [0.15, 0.2) is 12.2 Å². The lowest BCUT2D eigenvalue weighted by Gasteiger charge is -2.29. The van der Waals surface area contributed by atoms with Gasteiger partial charge in [-0.1, -0.05) is 31.4 Å². The first-order valence-electron chi connectivity index (χ1n) is 4.58.